The molecule has 0 unspecified atom stereocenters. The molecule has 3 rings (SSSR count). The number of rotatable bonds is 3. The number of alkyl halides is 3. The Labute approximate surface area is 161 Å². The van der Waals surface area contributed by atoms with Crippen molar-refractivity contribution in [2.75, 3.05) is 0 Å². The van der Waals surface area contributed by atoms with Gasteiger partial charge in [0.1, 0.15) is 5.69 Å². The monoisotopic (exact) mass is 411 g/mol. The molecule has 1 heterocycles. The third-order valence-electron chi connectivity index (χ3n) is 3.76. The van der Waals surface area contributed by atoms with Crippen LogP contribution in [0.25, 0.3) is 10.9 Å². The predicted molar refractivity (Wildman–Crippen MR) is 98.1 cm³/mol. The van der Waals surface area contributed by atoms with Gasteiger partial charge in [-0.1, -0.05) is 47.3 Å². The zero-order valence-electron chi connectivity index (χ0n) is 13.4. The number of nitrogens with zero attached hydrogens (tertiary/aromatic N) is 3. The number of hydrogen-bond acceptors (Lipinski definition) is 3. The van der Waals surface area contributed by atoms with Crippen LogP contribution >= 0.6 is 23.2 Å². The van der Waals surface area contributed by atoms with Crippen molar-refractivity contribution in [2.45, 2.75) is 12.7 Å². The molecule has 0 atom stereocenters. The number of halogens is 5. The molecule has 0 saturated heterocycles. The summed E-state index contributed by atoms with van der Waals surface area (Å²) in [5, 5.41) is 18.2. The molecule has 0 amide bonds. The molecule has 0 aliphatic carbocycles. The van der Waals surface area contributed by atoms with Crippen molar-refractivity contribution in [3.8, 4) is 18.2 Å². The zero-order valence-corrected chi connectivity index (χ0v) is 14.9. The second-order valence-corrected chi connectivity index (χ2v) is 6.28. The summed E-state index contributed by atoms with van der Waals surface area (Å²) in [6.07, 6.45) is 0.728. The van der Waals surface area contributed by atoms with Crippen LogP contribution < -0.4 is 0 Å². The molecule has 27 heavy (non-hydrogen) atoms. The average Bonchev–Trinajstić information content (AvgIpc) is 2.86. The lowest BCUT2D eigenvalue weighted by Gasteiger charge is -2.09. The van der Waals surface area contributed by atoms with Crippen molar-refractivity contribution in [3.63, 3.8) is 0 Å². The highest BCUT2D eigenvalue weighted by Crippen LogP contribution is 2.43. The van der Waals surface area contributed by atoms with E-state index in [0.29, 0.717) is 23.0 Å². The van der Waals surface area contributed by atoms with Crippen LogP contribution in [0.15, 0.2) is 46.6 Å². The zero-order chi connectivity index (χ0) is 19.8. The maximum atomic E-state index is 12.8. The van der Waals surface area contributed by atoms with Crippen molar-refractivity contribution in [1.82, 2.24) is 4.57 Å². The number of aromatic nitrogens is 1. The first-order valence-corrected chi connectivity index (χ1v) is 8.21. The Morgan fingerprint density at radius 1 is 1.07 bits per heavy atom. The lowest BCUT2D eigenvalue weighted by atomic mass is 10.2. The van der Waals surface area contributed by atoms with Gasteiger partial charge in [0.25, 0.3) is 0 Å². The number of aromatic hydroxyl groups is 1. The fourth-order valence-corrected chi connectivity index (χ4v) is 3.11. The minimum atomic E-state index is -4.59. The number of para-hydroxylation sites is 1. The average molecular weight is 412 g/mol. The Morgan fingerprint density at radius 2 is 1.67 bits per heavy atom. The predicted octanol–water partition coefficient (Wildman–Crippen LogP) is 6.72. The Hall–Kier alpha value is -2.69. The van der Waals surface area contributed by atoms with E-state index in [-0.39, 0.29) is 33.8 Å². The number of benzene rings is 2. The van der Waals surface area contributed by atoms with Crippen LogP contribution in [0.1, 0.15) is 5.56 Å². The van der Waals surface area contributed by atoms with E-state index < -0.39 is 11.7 Å². The van der Waals surface area contributed by atoms with Crippen LogP contribution in [0, 0.1) is 12.3 Å². The van der Waals surface area contributed by atoms with Gasteiger partial charge in [-0.15, -0.1) is 16.7 Å². The highest BCUT2D eigenvalue weighted by molar-refractivity contribution is 6.38. The molecule has 1 aromatic heterocycles. The third kappa shape index (κ3) is 3.59. The van der Waals surface area contributed by atoms with Crippen molar-refractivity contribution in [2.24, 2.45) is 10.2 Å². The summed E-state index contributed by atoms with van der Waals surface area (Å²) in [5.74, 6) is 2.20. The molecule has 138 valence electrons. The minimum absolute atomic E-state index is 0.101. The fourth-order valence-electron chi connectivity index (χ4n) is 2.55. The number of hydrogen-bond donors (Lipinski definition) is 1. The maximum Gasteiger partial charge on any atom is 0.416 e. The Morgan fingerprint density at radius 3 is 2.26 bits per heavy atom. The van der Waals surface area contributed by atoms with Gasteiger partial charge in [-0.3, -0.25) is 4.57 Å². The molecule has 0 aliphatic rings. The van der Waals surface area contributed by atoms with E-state index >= 15 is 0 Å². The van der Waals surface area contributed by atoms with Crippen LogP contribution in [-0.4, -0.2) is 9.67 Å². The maximum absolute atomic E-state index is 12.8. The van der Waals surface area contributed by atoms with E-state index in [4.69, 9.17) is 29.6 Å². The van der Waals surface area contributed by atoms with E-state index in [1.807, 2.05) is 0 Å². The van der Waals surface area contributed by atoms with E-state index in [0.717, 1.165) is 0 Å². The van der Waals surface area contributed by atoms with Crippen LogP contribution in [0.4, 0.5) is 24.5 Å². The van der Waals surface area contributed by atoms with Gasteiger partial charge in [0.2, 0.25) is 5.88 Å². The highest BCUT2D eigenvalue weighted by Gasteiger charge is 2.32. The summed E-state index contributed by atoms with van der Waals surface area (Å²) in [6, 6.07) is 8.36. The fraction of sp³-hybridized carbons (Fsp3) is 0.111. The molecule has 0 aliphatic heterocycles. The van der Waals surface area contributed by atoms with Crippen molar-refractivity contribution in [1.29, 1.82) is 0 Å². The van der Waals surface area contributed by atoms with E-state index in [2.05, 4.69) is 16.1 Å². The molecule has 1 N–H and O–H groups in total. The number of fused-ring (bicyclic) bond motifs is 1. The van der Waals surface area contributed by atoms with E-state index in [9.17, 15) is 18.3 Å². The molecule has 3 aromatic rings. The van der Waals surface area contributed by atoms with Crippen molar-refractivity contribution in [3.05, 3.63) is 52.0 Å². The molecule has 0 bridgehead atoms. The van der Waals surface area contributed by atoms with Crippen molar-refractivity contribution < 1.29 is 18.3 Å². The normalized spacial score (nSPS) is 12.0. The van der Waals surface area contributed by atoms with Crippen LogP contribution in [0.3, 0.4) is 0 Å². The summed E-state index contributed by atoms with van der Waals surface area (Å²) in [5.41, 5.74) is -0.399. The van der Waals surface area contributed by atoms with Gasteiger partial charge in [-0.25, -0.2) is 0 Å². The van der Waals surface area contributed by atoms with Gasteiger partial charge in [-0.05, 0) is 18.2 Å². The first-order valence-electron chi connectivity index (χ1n) is 7.45. The molecule has 2 aromatic carbocycles. The van der Waals surface area contributed by atoms with E-state index in [1.54, 1.807) is 24.3 Å². The molecule has 0 radical (unpaired) electrons. The second kappa shape index (κ2) is 7.14. The molecular formula is C18H10Cl2F3N3O. The van der Waals surface area contributed by atoms with Gasteiger partial charge in [0.15, 0.2) is 5.69 Å². The van der Waals surface area contributed by atoms with Crippen LogP contribution in [0.5, 0.6) is 5.88 Å². The number of azo groups is 1. The summed E-state index contributed by atoms with van der Waals surface area (Å²) >= 11 is 11.8. The first kappa shape index (κ1) is 19.1. The number of terminal acetylenes is 1. The third-order valence-corrected chi connectivity index (χ3v) is 4.34. The summed E-state index contributed by atoms with van der Waals surface area (Å²) in [4.78, 5) is 0. The molecule has 9 heteroatoms. The molecule has 0 fully saturated rings. The quantitative estimate of drug-likeness (QED) is 0.377. The molecule has 4 nitrogen and oxygen atoms in total. The Kier molecular flexibility index (Phi) is 5.05. The molecular weight excluding hydrogens is 402 g/mol. The van der Waals surface area contributed by atoms with Gasteiger partial charge >= 0.3 is 6.18 Å². The van der Waals surface area contributed by atoms with Crippen molar-refractivity contribution >= 4 is 45.5 Å². The van der Waals surface area contributed by atoms with Crippen LogP contribution in [-0.2, 0) is 12.7 Å². The minimum Gasteiger partial charge on any atom is -0.493 e. The standard InChI is InChI=1S/C18H10Cl2F3N3O/c1-2-7-26-14-6-4-3-5-11(14)15(17(26)27)24-25-16-12(19)8-10(9-13(16)20)18(21,22)23/h1,3-6,8-9,27H,7H2. The Bertz CT molecular complexity index is 1070. The molecule has 0 saturated carbocycles. The largest absolute Gasteiger partial charge is 0.493 e. The van der Waals surface area contributed by atoms with Crippen LogP contribution in [0.2, 0.25) is 10.0 Å². The molecule has 0 spiro atoms. The SMILES string of the molecule is C#CCn1c(O)c(N=Nc2c(Cl)cc(C(F)(F)F)cc2Cl)c2ccccc21. The topological polar surface area (TPSA) is 49.9 Å². The smallest absolute Gasteiger partial charge is 0.416 e. The van der Waals surface area contributed by atoms with Gasteiger partial charge in [0, 0.05) is 5.39 Å². The first-order chi connectivity index (χ1) is 12.7. The van der Waals surface area contributed by atoms with Gasteiger partial charge in [0.05, 0.1) is 27.7 Å². The van der Waals surface area contributed by atoms with Gasteiger partial charge in [-0.2, -0.15) is 13.2 Å². The summed E-state index contributed by atoms with van der Waals surface area (Å²) < 4.78 is 39.9. The lowest BCUT2D eigenvalue weighted by Crippen LogP contribution is -2.04. The lowest BCUT2D eigenvalue weighted by molar-refractivity contribution is -0.137. The van der Waals surface area contributed by atoms with E-state index in [1.165, 1.54) is 4.57 Å². The highest BCUT2D eigenvalue weighted by atomic mass is 35.5. The van der Waals surface area contributed by atoms with Gasteiger partial charge < -0.3 is 5.11 Å². The Balaban J connectivity index is 2.10. The second-order valence-electron chi connectivity index (χ2n) is 5.47. The summed E-state index contributed by atoms with van der Waals surface area (Å²) in [7, 11) is 0. The summed E-state index contributed by atoms with van der Waals surface area (Å²) in [6.45, 7) is 0.101.